The Morgan fingerprint density at radius 1 is 0.841 bits per heavy atom. The van der Waals surface area contributed by atoms with Crippen molar-refractivity contribution >= 4 is 17.5 Å². The van der Waals surface area contributed by atoms with Gasteiger partial charge in [-0.25, -0.2) is 0 Å². The van der Waals surface area contributed by atoms with Crippen molar-refractivity contribution < 1.29 is 29.3 Å². The van der Waals surface area contributed by atoms with E-state index in [1.165, 1.54) is 94.6 Å². The van der Waals surface area contributed by atoms with E-state index in [1.54, 1.807) is 0 Å². The molecular weight excluding hydrogens is 805 g/mol. The quantitative estimate of drug-likeness (QED) is 0.0311. The molecule has 2 aromatic rings. The third kappa shape index (κ3) is 14.8. The van der Waals surface area contributed by atoms with Gasteiger partial charge in [0.15, 0.2) is 0 Å². The van der Waals surface area contributed by atoms with E-state index < -0.39 is 5.79 Å². The third-order valence-corrected chi connectivity index (χ3v) is 15.3. The molecule has 8 nitrogen and oxygen atoms in total. The highest BCUT2D eigenvalue weighted by molar-refractivity contribution is 8.00. The fraction of sp³-hybridized carbons (Fsp3) is 0.685. The van der Waals surface area contributed by atoms with Crippen LogP contribution in [-0.4, -0.2) is 83.7 Å². The third-order valence-electron chi connectivity index (χ3n) is 13.9. The number of unbranched alkanes of at least 4 members (excludes halogenated alkanes) is 15. The molecular formula is C54H82N2O6S. The van der Waals surface area contributed by atoms with Crippen LogP contribution < -0.4 is 9.47 Å². The summed E-state index contributed by atoms with van der Waals surface area (Å²) in [5, 5.41) is 24.9. The molecule has 6 rings (SSSR count). The van der Waals surface area contributed by atoms with E-state index in [0.29, 0.717) is 26.2 Å². The fourth-order valence-corrected chi connectivity index (χ4v) is 11.9. The summed E-state index contributed by atoms with van der Waals surface area (Å²) in [5.74, 6) is 2.30. The zero-order valence-electron chi connectivity index (χ0n) is 38.9. The average Bonchev–Trinajstić information content (AvgIpc) is 4.14. The lowest BCUT2D eigenvalue weighted by Crippen LogP contribution is -2.64. The number of hydrogen-bond donors (Lipinski definition) is 2. The number of fused-ring (bicyclic) bond motifs is 2. The Morgan fingerprint density at radius 3 is 2.19 bits per heavy atom. The van der Waals surface area contributed by atoms with E-state index in [9.17, 15) is 10.2 Å². The molecule has 2 aliphatic heterocycles. The molecule has 2 heterocycles. The van der Waals surface area contributed by atoms with E-state index in [1.807, 2.05) is 36.0 Å². The maximum absolute atomic E-state index is 9.98. The molecule has 0 bridgehead atoms. The Kier molecular flexibility index (Phi) is 21.7. The van der Waals surface area contributed by atoms with E-state index in [-0.39, 0.29) is 42.1 Å². The van der Waals surface area contributed by atoms with Gasteiger partial charge in [-0.2, -0.15) is 11.8 Å². The number of aliphatic hydroxyl groups excluding tert-OH is 2. The second kappa shape index (κ2) is 27.6. The monoisotopic (exact) mass is 887 g/mol. The first-order valence-electron chi connectivity index (χ1n) is 25.3. The van der Waals surface area contributed by atoms with E-state index in [4.69, 9.17) is 24.2 Å². The van der Waals surface area contributed by atoms with Crippen LogP contribution in [-0.2, 0) is 16.2 Å². The SMILES string of the molecule is C=CCO[C@@]12Oc3ccc(OCCN4CC4)cc3[C@H]3[C@H](CCCCO)[C@@H](CCCCO)C=C(C(=NOCc4ccccc4)C[C@@H]1SCCCCCCCCCCCCCCCC)[C@H]32. The maximum atomic E-state index is 9.98. The first kappa shape index (κ1) is 49.6. The molecule has 2 aliphatic carbocycles. The second-order valence-electron chi connectivity index (χ2n) is 18.7. The predicted molar refractivity (Wildman–Crippen MR) is 261 cm³/mol. The van der Waals surface area contributed by atoms with Gasteiger partial charge in [0.2, 0.25) is 5.79 Å². The van der Waals surface area contributed by atoms with Crippen LogP contribution in [0.25, 0.3) is 0 Å². The Hall–Kier alpha value is -2.82. The van der Waals surface area contributed by atoms with Gasteiger partial charge in [0.25, 0.3) is 0 Å². The molecule has 1 saturated carbocycles. The number of benzene rings is 2. The molecule has 6 atom stereocenters. The van der Waals surface area contributed by atoms with E-state index >= 15 is 0 Å². The molecule has 350 valence electrons. The van der Waals surface area contributed by atoms with Gasteiger partial charge >= 0.3 is 0 Å². The lowest BCUT2D eigenvalue weighted by Gasteiger charge is -2.58. The van der Waals surface area contributed by atoms with Crippen molar-refractivity contribution in [3.63, 3.8) is 0 Å². The number of oxime groups is 1. The van der Waals surface area contributed by atoms with Crippen molar-refractivity contribution in [3.8, 4) is 11.5 Å². The molecule has 0 unspecified atom stereocenters. The Morgan fingerprint density at radius 2 is 1.52 bits per heavy atom. The van der Waals surface area contributed by atoms with Crippen LogP contribution in [0, 0.1) is 17.8 Å². The molecule has 2 aromatic carbocycles. The lowest BCUT2D eigenvalue weighted by molar-refractivity contribution is -0.223. The summed E-state index contributed by atoms with van der Waals surface area (Å²) in [6.45, 7) is 11.5. The molecule has 0 radical (unpaired) electrons. The standard InChI is InChI=1S/C54H82N2O6S/c1-3-5-6-7-8-9-10-11-12-13-14-15-16-24-38-63-51-41-49(55-61-42-43-25-18-17-19-26-43)47-39-44(27-20-22-34-57)46(28-21-23-35-58)52-48-40-45(59-37-33-56-31-32-56)29-30-50(48)62-54(51,53(47)52)60-36-4-2/h4,17-19,25-26,29-30,39-40,44,46,51-53,57-58H,2-3,5-16,20-24,27-28,31-38,41-42H2,1H3/t44-,46+,51-,52+,53+,54+/m0/s1. The van der Waals surface area contributed by atoms with Crippen LogP contribution in [0.5, 0.6) is 11.5 Å². The Bertz CT molecular complexity index is 1670. The number of aliphatic hydroxyl groups is 2. The van der Waals surface area contributed by atoms with Crippen molar-refractivity contribution in [2.24, 2.45) is 22.9 Å². The summed E-state index contributed by atoms with van der Waals surface area (Å²) in [6.07, 6.45) is 29.3. The van der Waals surface area contributed by atoms with Crippen molar-refractivity contribution in [2.75, 3.05) is 51.8 Å². The summed E-state index contributed by atoms with van der Waals surface area (Å²) in [5.41, 5.74) is 4.44. The van der Waals surface area contributed by atoms with Gasteiger partial charge in [-0.3, -0.25) is 4.90 Å². The molecule has 1 saturated heterocycles. The van der Waals surface area contributed by atoms with Crippen LogP contribution in [0.1, 0.15) is 159 Å². The van der Waals surface area contributed by atoms with Crippen LogP contribution in [0.15, 0.2) is 78.0 Å². The largest absolute Gasteiger partial charge is 0.492 e. The summed E-state index contributed by atoms with van der Waals surface area (Å²) >= 11 is 1.99. The van der Waals surface area contributed by atoms with Gasteiger partial charge in [-0.05, 0) is 79.0 Å². The first-order valence-corrected chi connectivity index (χ1v) is 26.4. The summed E-state index contributed by atoms with van der Waals surface area (Å²) in [4.78, 5) is 8.66. The fourth-order valence-electron chi connectivity index (χ4n) is 10.4. The Balaban J connectivity index is 1.25. The number of nitrogens with zero attached hydrogens (tertiary/aromatic N) is 2. The molecule has 9 heteroatoms. The highest BCUT2D eigenvalue weighted by Crippen LogP contribution is 2.62. The minimum absolute atomic E-state index is 0.0242. The van der Waals surface area contributed by atoms with Crippen molar-refractivity contribution in [1.29, 1.82) is 0 Å². The normalized spacial score (nSPS) is 24.3. The van der Waals surface area contributed by atoms with Gasteiger partial charge in [0.1, 0.15) is 24.7 Å². The Labute approximate surface area is 385 Å². The molecule has 0 aromatic heterocycles. The van der Waals surface area contributed by atoms with Crippen molar-refractivity contribution in [3.05, 3.63) is 84.0 Å². The van der Waals surface area contributed by atoms with Crippen LogP contribution >= 0.6 is 11.8 Å². The van der Waals surface area contributed by atoms with E-state index in [2.05, 4.69) is 54.8 Å². The van der Waals surface area contributed by atoms with Crippen molar-refractivity contribution in [2.45, 2.75) is 165 Å². The van der Waals surface area contributed by atoms with Crippen LogP contribution in [0.4, 0.5) is 0 Å². The van der Waals surface area contributed by atoms with Gasteiger partial charge in [-0.1, -0.05) is 151 Å². The zero-order valence-corrected chi connectivity index (χ0v) is 39.7. The number of thioether (sulfide) groups is 1. The number of allylic oxidation sites excluding steroid dienone is 1. The number of hydrogen-bond acceptors (Lipinski definition) is 9. The summed E-state index contributed by atoms with van der Waals surface area (Å²) in [6, 6.07) is 16.7. The summed E-state index contributed by atoms with van der Waals surface area (Å²) in [7, 11) is 0. The first-order chi connectivity index (χ1) is 31.1. The molecule has 2 fully saturated rings. The zero-order chi connectivity index (χ0) is 44.0. The number of rotatable bonds is 34. The smallest absolute Gasteiger partial charge is 0.230 e. The minimum Gasteiger partial charge on any atom is -0.492 e. The van der Waals surface area contributed by atoms with Gasteiger partial charge < -0.3 is 29.3 Å². The van der Waals surface area contributed by atoms with Crippen LogP contribution in [0.3, 0.4) is 0 Å². The van der Waals surface area contributed by atoms with Gasteiger partial charge in [0.05, 0.1) is 23.5 Å². The molecule has 2 N–H and O–H groups in total. The minimum atomic E-state index is -0.941. The average molecular weight is 887 g/mol. The molecule has 0 spiro atoms. The second-order valence-corrected chi connectivity index (χ2v) is 20.0. The van der Waals surface area contributed by atoms with Gasteiger partial charge in [-0.15, -0.1) is 6.58 Å². The molecule has 0 amide bonds. The lowest BCUT2D eigenvalue weighted by atomic mass is 9.56. The predicted octanol–water partition coefficient (Wildman–Crippen LogP) is 12.4. The van der Waals surface area contributed by atoms with E-state index in [0.717, 1.165) is 93.1 Å². The van der Waals surface area contributed by atoms with Crippen molar-refractivity contribution in [1.82, 2.24) is 4.90 Å². The van der Waals surface area contributed by atoms with Gasteiger partial charge in [0, 0.05) is 50.8 Å². The number of ether oxygens (including phenoxy) is 3. The topological polar surface area (TPSA) is 92.8 Å². The van der Waals surface area contributed by atoms with Crippen LogP contribution in [0.2, 0.25) is 0 Å². The highest BCUT2D eigenvalue weighted by atomic mass is 32.2. The summed E-state index contributed by atoms with van der Waals surface area (Å²) < 4.78 is 21.0. The maximum Gasteiger partial charge on any atom is 0.230 e. The molecule has 63 heavy (non-hydrogen) atoms. The molecule has 4 aliphatic rings. The highest BCUT2D eigenvalue weighted by Gasteiger charge is 2.64.